The Labute approximate surface area is 152 Å². The minimum atomic E-state index is -4.91. The molecule has 1 aliphatic rings. The third-order valence-electron chi connectivity index (χ3n) is 4.10. The molecule has 0 saturated carbocycles. The van der Waals surface area contributed by atoms with Gasteiger partial charge in [0.15, 0.2) is 12.0 Å². The molecule has 1 aliphatic heterocycles. The van der Waals surface area contributed by atoms with Crippen LogP contribution in [0.25, 0.3) is 5.52 Å². The van der Waals surface area contributed by atoms with Gasteiger partial charge in [0, 0.05) is 4.57 Å². The summed E-state index contributed by atoms with van der Waals surface area (Å²) in [5, 5.41) is 14.2. The van der Waals surface area contributed by atoms with Crippen LogP contribution in [0.4, 0.5) is 10.2 Å². The standard InChI is InChI=1S/C12H15FN4O8P2/c1-12(4-23-27(21,22)25-26(19)20)10(18)8(13)9(24-12)6-2-3-7-11(14)15-5-16-17(6)7/h2-3,5,8-10,18H,4H2,1H3,(H3-,14,15,16,19,20,21,22)/p+1/t8-,9-,10-,12+/m0/s1. The molecule has 3 heterocycles. The molecule has 1 fully saturated rings. The molecule has 0 amide bonds. The summed E-state index contributed by atoms with van der Waals surface area (Å²) in [6, 6.07) is 3.04. The van der Waals surface area contributed by atoms with Gasteiger partial charge in [-0.1, -0.05) is 0 Å². The Morgan fingerprint density at radius 1 is 1.56 bits per heavy atom. The van der Waals surface area contributed by atoms with E-state index in [9.17, 15) is 23.5 Å². The fourth-order valence-corrected chi connectivity index (χ4v) is 4.09. The molecule has 5 N–H and O–H groups in total. The zero-order valence-electron chi connectivity index (χ0n) is 13.7. The first-order valence-corrected chi connectivity index (χ1v) is 10.1. The van der Waals surface area contributed by atoms with E-state index in [4.69, 9.17) is 15.4 Å². The van der Waals surface area contributed by atoms with Crippen LogP contribution in [0.1, 0.15) is 18.7 Å². The summed E-state index contributed by atoms with van der Waals surface area (Å²) in [5.41, 5.74) is 4.61. The van der Waals surface area contributed by atoms with Crippen molar-refractivity contribution >= 4 is 27.4 Å². The van der Waals surface area contributed by atoms with Crippen LogP contribution in [0.2, 0.25) is 0 Å². The number of phosphoric ester groups is 1. The highest BCUT2D eigenvalue weighted by Crippen LogP contribution is 2.52. The first kappa shape index (κ1) is 20.2. The molecule has 1 saturated heterocycles. The fourth-order valence-electron chi connectivity index (χ4n) is 2.78. The summed E-state index contributed by atoms with van der Waals surface area (Å²) in [6.07, 6.45) is -3.79. The predicted octanol–water partition coefficient (Wildman–Crippen LogP) is 0.624. The summed E-state index contributed by atoms with van der Waals surface area (Å²) in [4.78, 5) is 21.7. The van der Waals surface area contributed by atoms with Crippen LogP contribution in [-0.4, -0.2) is 54.0 Å². The first-order valence-electron chi connectivity index (χ1n) is 7.45. The monoisotopic (exact) mass is 425 g/mol. The molecule has 3 rings (SSSR count). The van der Waals surface area contributed by atoms with Crippen molar-refractivity contribution in [3.8, 4) is 0 Å². The molecular formula is C12H16FN4O8P2+. The van der Waals surface area contributed by atoms with Crippen molar-refractivity contribution in [1.82, 2.24) is 14.6 Å². The Balaban J connectivity index is 1.83. The van der Waals surface area contributed by atoms with Crippen molar-refractivity contribution in [2.24, 2.45) is 0 Å². The highest BCUT2D eigenvalue weighted by atomic mass is 31.2. The van der Waals surface area contributed by atoms with Gasteiger partial charge in [-0.2, -0.15) is 5.10 Å². The molecule has 2 aromatic heterocycles. The second-order valence-electron chi connectivity index (χ2n) is 6.00. The van der Waals surface area contributed by atoms with Gasteiger partial charge in [-0.25, -0.2) is 18.5 Å². The number of fused-ring (bicyclic) bond motifs is 1. The maximum absolute atomic E-state index is 14.7. The largest absolute Gasteiger partial charge is 0.705 e. The molecule has 148 valence electrons. The van der Waals surface area contributed by atoms with Crippen LogP contribution < -0.4 is 5.73 Å². The van der Waals surface area contributed by atoms with E-state index in [0.29, 0.717) is 5.52 Å². The zero-order valence-corrected chi connectivity index (χ0v) is 15.5. The Morgan fingerprint density at radius 2 is 2.26 bits per heavy atom. The number of halogens is 1. The van der Waals surface area contributed by atoms with Gasteiger partial charge in [-0.15, -0.1) is 4.89 Å². The Kier molecular flexibility index (Phi) is 5.32. The smallest absolute Gasteiger partial charge is 0.387 e. The molecule has 0 spiro atoms. The predicted molar refractivity (Wildman–Crippen MR) is 87.2 cm³/mol. The van der Waals surface area contributed by atoms with E-state index in [2.05, 4.69) is 18.9 Å². The maximum atomic E-state index is 14.7. The summed E-state index contributed by atoms with van der Waals surface area (Å²) < 4.78 is 52.1. The Morgan fingerprint density at radius 3 is 2.93 bits per heavy atom. The number of aliphatic hydroxyl groups is 1. The van der Waals surface area contributed by atoms with Gasteiger partial charge in [-0.3, -0.25) is 9.42 Å². The fraction of sp³-hybridized carbons (Fsp3) is 0.500. The average molecular weight is 425 g/mol. The van der Waals surface area contributed by atoms with Gasteiger partial charge >= 0.3 is 16.1 Å². The van der Waals surface area contributed by atoms with Crippen LogP contribution in [-0.2, 0) is 22.7 Å². The van der Waals surface area contributed by atoms with Crippen molar-refractivity contribution < 1.29 is 42.0 Å². The molecule has 15 heteroatoms. The lowest BCUT2D eigenvalue weighted by Crippen LogP contribution is -2.43. The zero-order chi connectivity index (χ0) is 20.0. The number of rotatable bonds is 6. The molecule has 0 bridgehead atoms. The van der Waals surface area contributed by atoms with E-state index in [-0.39, 0.29) is 11.5 Å². The number of hydrogen-bond acceptors (Lipinski definition) is 9. The van der Waals surface area contributed by atoms with Gasteiger partial charge in [-0.05, 0) is 23.4 Å². The lowest BCUT2D eigenvalue weighted by Gasteiger charge is -2.26. The summed E-state index contributed by atoms with van der Waals surface area (Å²) in [6.45, 7) is 0.463. The highest BCUT2D eigenvalue weighted by Gasteiger charge is 2.55. The van der Waals surface area contributed by atoms with Crippen LogP contribution in [0.3, 0.4) is 0 Å². The van der Waals surface area contributed by atoms with Crippen molar-refractivity contribution in [2.75, 3.05) is 12.3 Å². The van der Waals surface area contributed by atoms with Crippen molar-refractivity contribution in [3.63, 3.8) is 0 Å². The minimum Gasteiger partial charge on any atom is -0.387 e. The van der Waals surface area contributed by atoms with E-state index in [0.717, 1.165) is 0 Å². The molecule has 12 nitrogen and oxygen atoms in total. The number of anilines is 1. The normalized spacial score (nSPS) is 31.1. The number of ether oxygens (including phenoxy) is 1. The number of hydrogen-bond donors (Lipinski definition) is 4. The molecule has 0 aromatic carbocycles. The number of nitrogens with two attached hydrogens (primary N) is 1. The quantitative estimate of drug-likeness (QED) is 0.477. The number of phosphoric acid groups is 1. The van der Waals surface area contributed by atoms with Crippen LogP contribution in [0.5, 0.6) is 0 Å². The van der Waals surface area contributed by atoms with E-state index < -0.39 is 46.7 Å². The third kappa shape index (κ3) is 3.86. The number of nitrogen functional groups attached to an aromatic ring is 1. The van der Waals surface area contributed by atoms with Crippen molar-refractivity contribution in [1.29, 1.82) is 0 Å². The summed E-state index contributed by atoms with van der Waals surface area (Å²) >= 11 is 0. The average Bonchev–Trinajstić information content (AvgIpc) is 3.09. The van der Waals surface area contributed by atoms with Gasteiger partial charge < -0.3 is 15.6 Å². The maximum Gasteiger partial charge on any atom is 0.705 e. The number of alkyl halides is 1. The second kappa shape index (κ2) is 7.12. The van der Waals surface area contributed by atoms with Crippen LogP contribution in [0.15, 0.2) is 18.5 Å². The number of aromatic nitrogens is 3. The van der Waals surface area contributed by atoms with E-state index >= 15 is 0 Å². The van der Waals surface area contributed by atoms with E-state index in [1.807, 2.05) is 0 Å². The number of aliphatic hydroxyl groups excluding tert-OH is 1. The van der Waals surface area contributed by atoms with Gasteiger partial charge in [0.25, 0.3) is 0 Å². The highest BCUT2D eigenvalue weighted by molar-refractivity contribution is 7.55. The Bertz CT molecular complexity index is 928. The molecule has 2 aromatic rings. The molecule has 6 atom stereocenters. The lowest BCUT2D eigenvalue weighted by atomic mass is 9.98. The molecular weight excluding hydrogens is 409 g/mol. The molecule has 0 aliphatic carbocycles. The van der Waals surface area contributed by atoms with Gasteiger partial charge in [0.05, 0.1) is 12.3 Å². The van der Waals surface area contributed by atoms with E-state index in [1.165, 1.54) is 23.8 Å². The van der Waals surface area contributed by atoms with Gasteiger partial charge in [0.1, 0.15) is 29.7 Å². The van der Waals surface area contributed by atoms with Crippen molar-refractivity contribution in [2.45, 2.75) is 30.9 Å². The minimum absolute atomic E-state index is 0.160. The SMILES string of the molecule is C[C@]1(COP(=O)(O)O[P+](=O)O)O[C@@H](c2ccc3c(N)ncnn23)[C@H](F)[C@@H]1O. The van der Waals surface area contributed by atoms with Crippen LogP contribution in [0, 0.1) is 0 Å². The molecule has 2 unspecified atom stereocenters. The summed E-state index contributed by atoms with van der Waals surface area (Å²) in [5.74, 6) is 0.160. The first-order chi connectivity index (χ1) is 12.5. The van der Waals surface area contributed by atoms with Crippen LogP contribution >= 0.6 is 16.1 Å². The number of nitrogens with zero attached hydrogens (tertiary/aromatic N) is 3. The van der Waals surface area contributed by atoms with Crippen molar-refractivity contribution in [3.05, 3.63) is 24.2 Å². The van der Waals surface area contributed by atoms with E-state index in [1.54, 1.807) is 6.07 Å². The Hall–Kier alpha value is -1.56. The summed E-state index contributed by atoms with van der Waals surface area (Å²) in [7, 11) is -8.31. The van der Waals surface area contributed by atoms with Gasteiger partial charge in [0.2, 0.25) is 0 Å². The molecule has 0 radical (unpaired) electrons. The lowest BCUT2D eigenvalue weighted by molar-refractivity contribution is -0.0981. The third-order valence-corrected chi connectivity index (χ3v) is 5.94. The molecule has 27 heavy (non-hydrogen) atoms. The second-order valence-corrected chi connectivity index (χ2v) is 8.33. The topological polar surface area (TPSA) is 179 Å².